The molecule has 4 aromatic carbocycles. The Morgan fingerprint density at radius 2 is 1.49 bits per heavy atom. The number of carbonyl (C=O) groups is 2. The van der Waals surface area contributed by atoms with E-state index in [0.717, 1.165) is 33.2 Å². The van der Waals surface area contributed by atoms with Gasteiger partial charge in [-0.2, -0.15) is 0 Å². The number of carboxylic acids is 1. The lowest BCUT2D eigenvalue weighted by Crippen LogP contribution is -2.23. The highest BCUT2D eigenvalue weighted by Gasteiger charge is 2.13. The van der Waals surface area contributed by atoms with E-state index < -0.39 is 5.97 Å². The number of aliphatic carboxylic acids is 1. The van der Waals surface area contributed by atoms with Gasteiger partial charge in [0.05, 0.1) is 12.7 Å². The zero-order chi connectivity index (χ0) is 24.6. The predicted octanol–water partition coefficient (Wildman–Crippen LogP) is 5.37. The number of hydrogen-bond acceptors (Lipinski definition) is 4. The van der Waals surface area contributed by atoms with Crippen LogP contribution in [-0.2, 0) is 24.4 Å². The Morgan fingerprint density at radius 3 is 2.23 bits per heavy atom. The van der Waals surface area contributed by atoms with E-state index >= 15 is 0 Å². The van der Waals surface area contributed by atoms with E-state index in [2.05, 4.69) is 5.32 Å². The summed E-state index contributed by atoms with van der Waals surface area (Å²) in [5, 5.41) is 13.9. The summed E-state index contributed by atoms with van der Waals surface area (Å²) in [7, 11) is 1.65. The molecule has 0 fully saturated rings. The standard InChI is InChI=1S/C29H27NO5/c1-34-26-16-15-22(23-6-2-3-7-24(23)26)18-30-29(33)25-8-4-5-9-27(25)35-19-21-12-10-20(11-13-21)14-17-28(31)32/h2-13,15-16H,14,17-19H2,1H3,(H,30,33)(H,31,32). The second kappa shape index (κ2) is 11.2. The molecule has 4 rings (SSSR count). The molecule has 0 aliphatic carbocycles. The number of carbonyl (C=O) groups excluding carboxylic acids is 1. The highest BCUT2D eigenvalue weighted by atomic mass is 16.5. The molecule has 0 atom stereocenters. The number of fused-ring (bicyclic) bond motifs is 1. The minimum Gasteiger partial charge on any atom is -0.496 e. The van der Waals surface area contributed by atoms with Crippen molar-refractivity contribution < 1.29 is 24.2 Å². The molecule has 0 saturated heterocycles. The predicted molar refractivity (Wildman–Crippen MR) is 135 cm³/mol. The third kappa shape index (κ3) is 5.98. The van der Waals surface area contributed by atoms with Crippen molar-refractivity contribution in [2.75, 3.05) is 7.11 Å². The smallest absolute Gasteiger partial charge is 0.303 e. The van der Waals surface area contributed by atoms with Gasteiger partial charge in [0.1, 0.15) is 18.1 Å². The third-order valence-electron chi connectivity index (χ3n) is 5.81. The zero-order valence-corrected chi connectivity index (χ0v) is 19.5. The first-order valence-electron chi connectivity index (χ1n) is 11.4. The van der Waals surface area contributed by atoms with E-state index in [0.29, 0.717) is 30.9 Å². The van der Waals surface area contributed by atoms with E-state index in [-0.39, 0.29) is 12.3 Å². The monoisotopic (exact) mass is 469 g/mol. The van der Waals surface area contributed by atoms with Crippen molar-refractivity contribution in [1.29, 1.82) is 0 Å². The number of amides is 1. The fourth-order valence-electron chi connectivity index (χ4n) is 3.93. The third-order valence-corrected chi connectivity index (χ3v) is 5.81. The van der Waals surface area contributed by atoms with Crippen LogP contribution in [0.2, 0.25) is 0 Å². The quantitative estimate of drug-likeness (QED) is 0.326. The number of methoxy groups -OCH3 is 1. The number of aryl methyl sites for hydroxylation is 1. The van der Waals surface area contributed by atoms with Crippen LogP contribution in [-0.4, -0.2) is 24.1 Å². The van der Waals surface area contributed by atoms with E-state index in [1.165, 1.54) is 0 Å². The summed E-state index contributed by atoms with van der Waals surface area (Å²) in [5.74, 6) is 0.265. The highest BCUT2D eigenvalue weighted by Crippen LogP contribution is 2.28. The van der Waals surface area contributed by atoms with Gasteiger partial charge >= 0.3 is 5.97 Å². The van der Waals surface area contributed by atoms with Gasteiger partial charge in [-0.1, -0.05) is 66.7 Å². The van der Waals surface area contributed by atoms with Crippen molar-refractivity contribution in [2.45, 2.75) is 26.0 Å². The molecule has 0 radical (unpaired) electrons. The first kappa shape index (κ1) is 23.8. The average molecular weight is 470 g/mol. The van der Waals surface area contributed by atoms with Crippen molar-refractivity contribution in [3.05, 3.63) is 107 Å². The summed E-state index contributed by atoms with van der Waals surface area (Å²) < 4.78 is 11.4. The molecule has 0 spiro atoms. The van der Waals surface area contributed by atoms with Crippen LogP contribution >= 0.6 is 0 Å². The molecule has 0 saturated carbocycles. The van der Waals surface area contributed by atoms with E-state index in [4.69, 9.17) is 14.6 Å². The Labute approximate surface area is 204 Å². The molecular weight excluding hydrogens is 442 g/mol. The summed E-state index contributed by atoms with van der Waals surface area (Å²) in [6, 6.07) is 26.6. The lowest BCUT2D eigenvalue weighted by molar-refractivity contribution is -0.136. The number of hydrogen-bond donors (Lipinski definition) is 2. The molecule has 6 heteroatoms. The fraction of sp³-hybridized carbons (Fsp3) is 0.172. The zero-order valence-electron chi connectivity index (χ0n) is 19.5. The Balaban J connectivity index is 1.41. The van der Waals surface area contributed by atoms with Crippen LogP contribution < -0.4 is 14.8 Å². The highest BCUT2D eigenvalue weighted by molar-refractivity contribution is 5.97. The molecule has 0 aliphatic rings. The minimum atomic E-state index is -0.813. The van der Waals surface area contributed by atoms with Crippen LogP contribution in [0.1, 0.15) is 33.5 Å². The van der Waals surface area contributed by atoms with Crippen LogP contribution in [0.25, 0.3) is 10.8 Å². The Kier molecular flexibility index (Phi) is 7.63. The number of rotatable bonds is 10. The number of benzene rings is 4. The van der Waals surface area contributed by atoms with Gasteiger partial charge in [-0.25, -0.2) is 0 Å². The van der Waals surface area contributed by atoms with Crippen LogP contribution in [0.5, 0.6) is 11.5 Å². The lowest BCUT2D eigenvalue weighted by atomic mass is 10.0. The summed E-state index contributed by atoms with van der Waals surface area (Å²) in [6.07, 6.45) is 0.591. The second-order valence-corrected chi connectivity index (χ2v) is 8.15. The van der Waals surface area contributed by atoms with Crippen LogP contribution in [0.4, 0.5) is 0 Å². The summed E-state index contributed by atoms with van der Waals surface area (Å²) >= 11 is 0. The average Bonchev–Trinajstić information content (AvgIpc) is 2.89. The molecule has 1 amide bonds. The van der Waals surface area contributed by atoms with E-state index in [1.807, 2.05) is 72.8 Å². The first-order valence-corrected chi connectivity index (χ1v) is 11.4. The molecule has 2 N–H and O–H groups in total. The molecule has 0 unspecified atom stereocenters. The van der Waals surface area contributed by atoms with Gasteiger partial charge < -0.3 is 19.9 Å². The van der Waals surface area contributed by atoms with E-state index in [9.17, 15) is 9.59 Å². The maximum absolute atomic E-state index is 13.0. The van der Waals surface area contributed by atoms with Gasteiger partial charge in [0.15, 0.2) is 0 Å². The summed E-state index contributed by atoms with van der Waals surface area (Å²) in [4.78, 5) is 23.8. The van der Waals surface area contributed by atoms with Gasteiger partial charge in [-0.3, -0.25) is 9.59 Å². The van der Waals surface area contributed by atoms with Gasteiger partial charge in [-0.05, 0) is 46.7 Å². The lowest BCUT2D eigenvalue weighted by Gasteiger charge is -2.14. The van der Waals surface area contributed by atoms with Crippen LogP contribution in [0, 0.1) is 0 Å². The van der Waals surface area contributed by atoms with Gasteiger partial charge in [0.25, 0.3) is 5.91 Å². The molecule has 6 nitrogen and oxygen atoms in total. The number of para-hydroxylation sites is 1. The maximum atomic E-state index is 13.0. The molecule has 4 aromatic rings. The molecular formula is C29H27NO5. The van der Waals surface area contributed by atoms with Crippen molar-refractivity contribution in [3.63, 3.8) is 0 Å². The molecule has 178 valence electrons. The van der Waals surface area contributed by atoms with Crippen LogP contribution in [0.3, 0.4) is 0 Å². The Morgan fingerprint density at radius 1 is 0.800 bits per heavy atom. The summed E-state index contributed by atoms with van der Waals surface area (Å²) in [5.41, 5.74) is 3.35. The normalized spacial score (nSPS) is 10.7. The SMILES string of the molecule is COc1ccc(CNC(=O)c2ccccc2OCc2ccc(CCC(=O)O)cc2)c2ccccc12. The second-order valence-electron chi connectivity index (χ2n) is 8.15. The largest absolute Gasteiger partial charge is 0.496 e. The van der Waals surface area contributed by atoms with Gasteiger partial charge in [-0.15, -0.1) is 0 Å². The van der Waals surface area contributed by atoms with Crippen LogP contribution in [0.15, 0.2) is 84.9 Å². The first-order chi connectivity index (χ1) is 17.0. The number of carboxylic acid groups (broad SMARTS) is 1. The minimum absolute atomic E-state index is 0.102. The van der Waals surface area contributed by atoms with Crippen molar-refractivity contribution in [2.24, 2.45) is 0 Å². The summed E-state index contributed by atoms with van der Waals surface area (Å²) in [6.45, 7) is 0.669. The number of nitrogens with one attached hydrogen (secondary N) is 1. The topological polar surface area (TPSA) is 84.9 Å². The fourth-order valence-corrected chi connectivity index (χ4v) is 3.93. The molecule has 0 heterocycles. The Hall–Kier alpha value is -4.32. The van der Waals surface area contributed by atoms with Gasteiger partial charge in [0.2, 0.25) is 0 Å². The molecule has 35 heavy (non-hydrogen) atoms. The van der Waals surface area contributed by atoms with Gasteiger partial charge in [0, 0.05) is 18.4 Å². The molecule has 0 aliphatic heterocycles. The van der Waals surface area contributed by atoms with Crippen molar-refractivity contribution in [3.8, 4) is 11.5 Å². The number of ether oxygens (including phenoxy) is 2. The Bertz CT molecular complexity index is 1330. The molecule has 0 bridgehead atoms. The van der Waals surface area contributed by atoms with Crippen molar-refractivity contribution >= 4 is 22.6 Å². The van der Waals surface area contributed by atoms with E-state index in [1.54, 1.807) is 19.2 Å². The maximum Gasteiger partial charge on any atom is 0.303 e. The van der Waals surface area contributed by atoms with Crippen molar-refractivity contribution in [1.82, 2.24) is 5.32 Å². The molecule has 0 aromatic heterocycles.